The van der Waals surface area contributed by atoms with Crippen LogP contribution in [-0.4, -0.2) is 29.5 Å². The van der Waals surface area contributed by atoms with Crippen LogP contribution in [0.3, 0.4) is 0 Å². The van der Waals surface area contributed by atoms with E-state index in [2.05, 4.69) is 23.0 Å². The first-order valence-electron chi connectivity index (χ1n) is 6.99. The number of aryl methyl sites for hydroxylation is 1. The summed E-state index contributed by atoms with van der Waals surface area (Å²) in [4.78, 5) is 2.29. The number of benzene rings is 1. The summed E-state index contributed by atoms with van der Waals surface area (Å²) < 4.78 is 7.81. The normalized spacial score (nSPS) is 22.0. The van der Waals surface area contributed by atoms with Crippen molar-refractivity contribution < 1.29 is 4.74 Å². The number of anilines is 1. The molecule has 3 rings (SSSR count). The van der Waals surface area contributed by atoms with E-state index in [9.17, 15) is 0 Å². The van der Waals surface area contributed by atoms with Gasteiger partial charge in [0.2, 0.25) is 0 Å². The van der Waals surface area contributed by atoms with Gasteiger partial charge in [0.25, 0.3) is 0 Å². The highest BCUT2D eigenvalue weighted by molar-refractivity contribution is 5.50. The molecule has 1 unspecified atom stereocenters. The molecule has 0 saturated carbocycles. The molecule has 0 bridgehead atoms. The van der Waals surface area contributed by atoms with Crippen molar-refractivity contribution in [3.63, 3.8) is 0 Å². The third kappa shape index (κ3) is 2.63. The van der Waals surface area contributed by atoms with Gasteiger partial charge in [0, 0.05) is 31.0 Å². The highest BCUT2D eigenvalue weighted by Crippen LogP contribution is 2.31. The molecular weight excluding hydrogens is 264 g/mol. The fraction of sp³-hybridized carbons (Fsp3) is 0.375. The molecule has 0 aliphatic carbocycles. The second-order valence-corrected chi connectivity index (χ2v) is 5.56. The Morgan fingerprint density at radius 2 is 2.10 bits per heavy atom. The minimum absolute atomic E-state index is 0.361. The molecule has 1 fully saturated rings. The maximum atomic E-state index is 8.88. The van der Waals surface area contributed by atoms with Crippen LogP contribution < -0.4 is 4.90 Å². The van der Waals surface area contributed by atoms with Crippen molar-refractivity contribution in [2.75, 3.05) is 24.6 Å². The predicted molar refractivity (Wildman–Crippen MR) is 79.9 cm³/mol. The van der Waals surface area contributed by atoms with Gasteiger partial charge in [-0.15, -0.1) is 0 Å². The summed E-state index contributed by atoms with van der Waals surface area (Å²) in [5.41, 5.74) is 2.53. The molecular formula is C16H18N4O. The molecule has 1 saturated heterocycles. The van der Waals surface area contributed by atoms with Crippen LogP contribution in [0.25, 0.3) is 0 Å². The highest BCUT2D eigenvalue weighted by Gasteiger charge is 2.35. The first-order chi connectivity index (χ1) is 10.1. The Bertz CT molecular complexity index is 670. The summed E-state index contributed by atoms with van der Waals surface area (Å²) in [6, 6.07) is 9.84. The summed E-state index contributed by atoms with van der Waals surface area (Å²) in [6.07, 6.45) is 3.87. The molecule has 1 aromatic carbocycles. The average Bonchev–Trinajstić information content (AvgIpc) is 2.95. The summed E-state index contributed by atoms with van der Waals surface area (Å²) in [5, 5.41) is 13.1. The van der Waals surface area contributed by atoms with E-state index in [0.717, 1.165) is 24.3 Å². The van der Waals surface area contributed by atoms with E-state index < -0.39 is 0 Å². The van der Waals surface area contributed by atoms with Gasteiger partial charge in [0.05, 0.1) is 31.0 Å². The molecule has 0 amide bonds. The second kappa shape index (κ2) is 5.23. The maximum absolute atomic E-state index is 8.88. The SMILES string of the molecule is Cn1cc(C2(C)CN(c3ccc(C#N)cc3)CCO2)cn1. The van der Waals surface area contributed by atoms with Crippen LogP contribution in [0.15, 0.2) is 36.7 Å². The first-order valence-corrected chi connectivity index (χ1v) is 6.99. The van der Waals surface area contributed by atoms with E-state index in [-0.39, 0.29) is 5.60 Å². The van der Waals surface area contributed by atoms with Crippen LogP contribution in [0.5, 0.6) is 0 Å². The second-order valence-electron chi connectivity index (χ2n) is 5.56. The van der Waals surface area contributed by atoms with Crippen molar-refractivity contribution in [1.82, 2.24) is 9.78 Å². The summed E-state index contributed by atoms with van der Waals surface area (Å²) >= 11 is 0. The number of hydrogen-bond acceptors (Lipinski definition) is 4. The van der Waals surface area contributed by atoms with Gasteiger partial charge in [-0.2, -0.15) is 10.4 Å². The Balaban J connectivity index is 1.83. The van der Waals surface area contributed by atoms with Gasteiger partial charge in [-0.25, -0.2) is 0 Å². The number of nitriles is 1. The van der Waals surface area contributed by atoms with Crippen LogP contribution in [0.2, 0.25) is 0 Å². The van der Waals surface area contributed by atoms with Crippen molar-refractivity contribution in [2.45, 2.75) is 12.5 Å². The predicted octanol–water partition coefficient (Wildman–Crippen LogP) is 2.04. The van der Waals surface area contributed by atoms with Gasteiger partial charge < -0.3 is 9.64 Å². The zero-order valence-corrected chi connectivity index (χ0v) is 12.3. The summed E-state index contributed by atoms with van der Waals surface area (Å²) in [5.74, 6) is 0. The Morgan fingerprint density at radius 3 is 2.71 bits per heavy atom. The molecule has 2 aromatic rings. The van der Waals surface area contributed by atoms with Gasteiger partial charge in [0.1, 0.15) is 5.60 Å². The van der Waals surface area contributed by atoms with Crippen molar-refractivity contribution in [3.05, 3.63) is 47.8 Å². The molecule has 1 atom stereocenters. The fourth-order valence-electron chi connectivity index (χ4n) is 2.71. The molecule has 108 valence electrons. The van der Waals surface area contributed by atoms with Gasteiger partial charge >= 0.3 is 0 Å². The molecule has 0 spiro atoms. The lowest BCUT2D eigenvalue weighted by Crippen LogP contribution is -2.48. The van der Waals surface area contributed by atoms with E-state index in [4.69, 9.17) is 10.00 Å². The van der Waals surface area contributed by atoms with Crippen LogP contribution in [0.4, 0.5) is 5.69 Å². The number of aromatic nitrogens is 2. The van der Waals surface area contributed by atoms with E-state index in [1.165, 1.54) is 0 Å². The lowest BCUT2D eigenvalue weighted by Gasteiger charge is -2.41. The van der Waals surface area contributed by atoms with Gasteiger partial charge in [0.15, 0.2) is 0 Å². The number of morpholine rings is 1. The lowest BCUT2D eigenvalue weighted by molar-refractivity contribution is -0.0466. The molecule has 2 heterocycles. The van der Waals surface area contributed by atoms with Gasteiger partial charge in [-0.1, -0.05) is 0 Å². The Morgan fingerprint density at radius 1 is 1.33 bits per heavy atom. The highest BCUT2D eigenvalue weighted by atomic mass is 16.5. The Labute approximate surface area is 124 Å². The molecule has 1 aliphatic rings. The van der Waals surface area contributed by atoms with E-state index >= 15 is 0 Å². The van der Waals surface area contributed by atoms with Crippen molar-refractivity contribution in [3.8, 4) is 6.07 Å². The third-order valence-electron chi connectivity index (χ3n) is 3.95. The Hall–Kier alpha value is -2.32. The largest absolute Gasteiger partial charge is 0.367 e. The van der Waals surface area contributed by atoms with Crippen LogP contribution >= 0.6 is 0 Å². The number of nitrogens with zero attached hydrogens (tertiary/aromatic N) is 4. The van der Waals surface area contributed by atoms with Crippen LogP contribution in [0, 0.1) is 11.3 Å². The van der Waals surface area contributed by atoms with E-state index in [0.29, 0.717) is 12.2 Å². The van der Waals surface area contributed by atoms with Crippen molar-refractivity contribution in [1.29, 1.82) is 5.26 Å². The number of rotatable bonds is 2. The number of hydrogen-bond donors (Lipinski definition) is 0. The van der Waals surface area contributed by atoms with Gasteiger partial charge in [-0.3, -0.25) is 4.68 Å². The molecule has 5 heteroatoms. The van der Waals surface area contributed by atoms with E-state index in [1.54, 1.807) is 4.68 Å². The molecule has 5 nitrogen and oxygen atoms in total. The Kier molecular flexibility index (Phi) is 3.40. The first kappa shape index (κ1) is 13.7. The molecule has 1 aromatic heterocycles. The zero-order valence-electron chi connectivity index (χ0n) is 12.3. The van der Waals surface area contributed by atoms with Gasteiger partial charge in [-0.05, 0) is 31.2 Å². The van der Waals surface area contributed by atoms with Crippen LogP contribution in [0.1, 0.15) is 18.1 Å². The van der Waals surface area contributed by atoms with E-state index in [1.807, 2.05) is 43.7 Å². The monoisotopic (exact) mass is 282 g/mol. The average molecular weight is 282 g/mol. The number of ether oxygens (including phenoxy) is 1. The summed E-state index contributed by atoms with van der Waals surface area (Å²) in [7, 11) is 1.91. The van der Waals surface area contributed by atoms with Crippen molar-refractivity contribution >= 4 is 5.69 Å². The molecule has 21 heavy (non-hydrogen) atoms. The lowest BCUT2D eigenvalue weighted by atomic mass is 9.96. The fourth-order valence-corrected chi connectivity index (χ4v) is 2.71. The topological polar surface area (TPSA) is 54.1 Å². The maximum Gasteiger partial charge on any atom is 0.111 e. The summed E-state index contributed by atoms with van der Waals surface area (Å²) in [6.45, 7) is 4.39. The van der Waals surface area contributed by atoms with Crippen LogP contribution in [-0.2, 0) is 17.4 Å². The minimum Gasteiger partial charge on any atom is -0.367 e. The molecule has 0 N–H and O–H groups in total. The zero-order chi connectivity index (χ0) is 14.9. The quantitative estimate of drug-likeness (QED) is 0.846. The molecule has 0 radical (unpaired) electrons. The minimum atomic E-state index is -0.361. The van der Waals surface area contributed by atoms with Crippen molar-refractivity contribution in [2.24, 2.45) is 7.05 Å². The molecule has 1 aliphatic heterocycles. The smallest absolute Gasteiger partial charge is 0.111 e. The standard InChI is InChI=1S/C16H18N4O/c1-16(14-10-18-19(2)11-14)12-20(7-8-21-16)15-5-3-13(9-17)4-6-15/h3-6,10-11H,7-8,12H2,1-2H3. The third-order valence-corrected chi connectivity index (χ3v) is 3.95.